The highest BCUT2D eigenvalue weighted by molar-refractivity contribution is 8.00. The number of likely N-dealkylation sites (N-methyl/N-ethyl adjacent to an activating group) is 4. The lowest BCUT2D eigenvalue weighted by Gasteiger charge is -2.35. The van der Waals surface area contributed by atoms with Gasteiger partial charge >= 0.3 is 0 Å². The van der Waals surface area contributed by atoms with Gasteiger partial charge in [0.2, 0.25) is 41.4 Å². The minimum Gasteiger partial charge on any atom is -0.357 e. The molecule has 0 aromatic heterocycles. The molecule has 14 nitrogen and oxygen atoms in total. The number of thioether (sulfide) groups is 1. The standard InChI is InChI=1S/C41H65N7O7S/c1-8-11-20-29-39(53)47(7)34(36(50)42-4)26-56-27-35(49)45(5)33(25-28-18-15-14-16-19-28)38(52)44-30(21-12-9-2)40(54)48-24-17-23-32(48)41(55)46(6)31(22-13-10-3)37(51)43-29/h14-16,18-19,29-34H,8-13,17,20-27H2,1-7H3,(H,42,50)(H,43,51)(H,44,52)/t29-,30-,31-,32?,33-,34+/m0/s1. The molecule has 0 spiro atoms. The first-order valence-corrected chi connectivity index (χ1v) is 21.5. The van der Waals surface area contributed by atoms with Crippen molar-refractivity contribution in [1.29, 1.82) is 0 Å². The maximum Gasteiger partial charge on any atom is 0.245 e. The van der Waals surface area contributed by atoms with Crippen molar-refractivity contribution in [2.24, 2.45) is 0 Å². The van der Waals surface area contributed by atoms with Gasteiger partial charge in [-0.25, -0.2) is 0 Å². The number of fused-ring (bicyclic) bond motifs is 1. The second-order valence-electron chi connectivity index (χ2n) is 15.0. The number of benzene rings is 1. The molecule has 1 unspecified atom stereocenters. The topological polar surface area (TPSA) is 169 Å². The zero-order valence-electron chi connectivity index (χ0n) is 34.5. The van der Waals surface area contributed by atoms with Crippen LogP contribution in [0.15, 0.2) is 30.3 Å². The smallest absolute Gasteiger partial charge is 0.245 e. The van der Waals surface area contributed by atoms with Gasteiger partial charge in [-0.15, -0.1) is 11.8 Å². The largest absolute Gasteiger partial charge is 0.357 e. The van der Waals surface area contributed by atoms with E-state index in [1.165, 1.54) is 45.5 Å². The molecule has 0 saturated carbocycles. The van der Waals surface area contributed by atoms with Crippen molar-refractivity contribution in [1.82, 2.24) is 35.6 Å². The van der Waals surface area contributed by atoms with Crippen molar-refractivity contribution in [2.75, 3.05) is 46.2 Å². The molecule has 2 aliphatic rings. The fourth-order valence-corrected chi connectivity index (χ4v) is 8.44. The monoisotopic (exact) mass is 799 g/mol. The Morgan fingerprint density at radius 2 is 1.32 bits per heavy atom. The third-order valence-electron chi connectivity index (χ3n) is 11.0. The summed E-state index contributed by atoms with van der Waals surface area (Å²) in [5.41, 5.74) is 0.827. The molecule has 2 fully saturated rings. The molecule has 0 bridgehead atoms. The summed E-state index contributed by atoms with van der Waals surface area (Å²) in [6.07, 6.45) is 6.45. The Morgan fingerprint density at radius 1 is 0.750 bits per heavy atom. The molecule has 1 aromatic carbocycles. The van der Waals surface area contributed by atoms with Crippen LogP contribution in [0, 0.1) is 0 Å². The SMILES string of the molecule is CCCC[C@@H]1NC(=O)[C@H](Cc2ccccc2)N(C)C(=O)CSC[C@H](C(=O)NC)N(C)C(=O)[C@H](CCCC)NC(=O)[C@H](CCCC)N(C)C(=O)C2CCCN2C1=O. The maximum atomic E-state index is 14.4. The van der Waals surface area contributed by atoms with Crippen molar-refractivity contribution >= 4 is 53.1 Å². The molecule has 6 atom stereocenters. The Hall–Kier alpha value is -4.14. The van der Waals surface area contributed by atoms with Gasteiger partial charge in [0.1, 0.15) is 36.3 Å². The highest BCUT2D eigenvalue weighted by atomic mass is 32.2. The molecular formula is C41H65N7O7S. The molecule has 0 aliphatic carbocycles. The molecular weight excluding hydrogens is 735 g/mol. The summed E-state index contributed by atoms with van der Waals surface area (Å²) in [5.74, 6) is -2.96. The third kappa shape index (κ3) is 12.4. The average Bonchev–Trinajstić information content (AvgIpc) is 3.70. The minimum atomic E-state index is -0.965. The molecule has 56 heavy (non-hydrogen) atoms. The first kappa shape index (κ1) is 46.2. The van der Waals surface area contributed by atoms with Crippen molar-refractivity contribution in [2.45, 2.75) is 134 Å². The van der Waals surface area contributed by atoms with E-state index in [1.807, 2.05) is 51.1 Å². The van der Waals surface area contributed by atoms with Crippen LogP contribution in [0.1, 0.15) is 97.0 Å². The minimum absolute atomic E-state index is 0.0761. The van der Waals surface area contributed by atoms with Crippen molar-refractivity contribution in [3.63, 3.8) is 0 Å². The molecule has 1 aromatic rings. The number of nitrogens with one attached hydrogen (secondary N) is 3. The van der Waals surface area contributed by atoms with Crippen molar-refractivity contribution in [3.8, 4) is 0 Å². The van der Waals surface area contributed by atoms with Crippen LogP contribution in [0.25, 0.3) is 0 Å². The van der Waals surface area contributed by atoms with E-state index in [2.05, 4.69) is 16.0 Å². The van der Waals surface area contributed by atoms with E-state index in [1.54, 1.807) is 14.1 Å². The van der Waals surface area contributed by atoms with Crippen LogP contribution in [0.5, 0.6) is 0 Å². The predicted molar refractivity (Wildman–Crippen MR) is 218 cm³/mol. The van der Waals surface area contributed by atoms with Crippen molar-refractivity contribution < 1.29 is 33.6 Å². The second kappa shape index (κ2) is 23.2. The zero-order chi connectivity index (χ0) is 41.4. The van der Waals surface area contributed by atoms with Crippen LogP contribution in [-0.4, -0.2) is 143 Å². The van der Waals surface area contributed by atoms with E-state index < -0.39 is 59.9 Å². The van der Waals surface area contributed by atoms with Crippen LogP contribution >= 0.6 is 11.8 Å². The number of nitrogens with zero attached hydrogens (tertiary/aromatic N) is 4. The first-order valence-electron chi connectivity index (χ1n) is 20.3. The summed E-state index contributed by atoms with van der Waals surface area (Å²) >= 11 is 1.17. The van der Waals surface area contributed by atoms with Gasteiger partial charge in [-0.2, -0.15) is 0 Å². The van der Waals surface area contributed by atoms with E-state index in [0.29, 0.717) is 57.9 Å². The number of hydrogen-bond donors (Lipinski definition) is 3. The summed E-state index contributed by atoms with van der Waals surface area (Å²) in [6, 6.07) is 3.76. The van der Waals surface area contributed by atoms with Crippen LogP contribution in [-0.2, 0) is 40.0 Å². The Bertz CT molecular complexity index is 1500. The van der Waals surface area contributed by atoms with Gasteiger partial charge in [0.05, 0.1) is 5.75 Å². The molecule has 2 heterocycles. The van der Waals surface area contributed by atoms with E-state index in [4.69, 9.17) is 0 Å². The number of rotatable bonds is 12. The van der Waals surface area contributed by atoms with Gasteiger partial charge in [-0.05, 0) is 37.7 Å². The molecule has 3 N–H and O–H groups in total. The normalized spacial score (nSPS) is 25.4. The Kier molecular flexibility index (Phi) is 19.1. The summed E-state index contributed by atoms with van der Waals surface area (Å²) in [6.45, 7) is 6.29. The van der Waals surface area contributed by atoms with Gasteiger partial charge in [-0.3, -0.25) is 33.6 Å². The molecule has 0 radical (unpaired) electrons. The Labute approximate surface area is 337 Å². The lowest BCUT2D eigenvalue weighted by atomic mass is 10.0. The summed E-state index contributed by atoms with van der Waals surface area (Å²) in [7, 11) is 6.12. The van der Waals surface area contributed by atoms with Gasteiger partial charge in [0.15, 0.2) is 0 Å². The summed E-state index contributed by atoms with van der Waals surface area (Å²) < 4.78 is 0. The average molecular weight is 800 g/mol. The number of hydrogen-bond acceptors (Lipinski definition) is 8. The highest BCUT2D eigenvalue weighted by Gasteiger charge is 2.42. The molecule has 7 amide bonds. The molecule has 312 valence electrons. The molecule has 3 rings (SSSR count). The maximum absolute atomic E-state index is 14.4. The van der Waals surface area contributed by atoms with Gasteiger partial charge < -0.3 is 35.6 Å². The number of carbonyl (C=O) groups is 7. The molecule has 2 aliphatic heterocycles. The highest BCUT2D eigenvalue weighted by Crippen LogP contribution is 2.24. The number of unbranched alkanes of at least 4 members (excludes halogenated alkanes) is 3. The van der Waals surface area contributed by atoms with Crippen LogP contribution in [0.3, 0.4) is 0 Å². The summed E-state index contributed by atoms with van der Waals surface area (Å²) in [5, 5.41) is 8.54. The van der Waals surface area contributed by atoms with E-state index in [-0.39, 0.29) is 35.6 Å². The Balaban J connectivity index is 2.12. The van der Waals surface area contributed by atoms with Gasteiger partial charge in [-0.1, -0.05) is 89.6 Å². The number of carbonyl (C=O) groups excluding carboxylic acids is 7. The fourth-order valence-electron chi connectivity index (χ4n) is 7.35. The van der Waals surface area contributed by atoms with Crippen molar-refractivity contribution in [3.05, 3.63) is 35.9 Å². The first-order chi connectivity index (χ1) is 26.8. The fraction of sp³-hybridized carbons (Fsp3) is 0.683. The zero-order valence-corrected chi connectivity index (χ0v) is 35.3. The lowest BCUT2D eigenvalue weighted by Crippen LogP contribution is -2.59. The van der Waals surface area contributed by atoms with E-state index in [0.717, 1.165) is 24.8 Å². The second-order valence-corrected chi connectivity index (χ2v) is 16.0. The van der Waals surface area contributed by atoms with Crippen LogP contribution in [0.2, 0.25) is 0 Å². The third-order valence-corrected chi connectivity index (χ3v) is 12.0. The number of amides is 7. The predicted octanol–water partition coefficient (Wildman–Crippen LogP) is 2.73. The summed E-state index contributed by atoms with van der Waals surface area (Å²) in [4.78, 5) is 104. The van der Waals surface area contributed by atoms with Crippen LogP contribution < -0.4 is 16.0 Å². The van der Waals surface area contributed by atoms with E-state index in [9.17, 15) is 33.6 Å². The molecule has 15 heteroatoms. The van der Waals surface area contributed by atoms with Gasteiger partial charge in [0.25, 0.3) is 0 Å². The van der Waals surface area contributed by atoms with Gasteiger partial charge in [0, 0.05) is 46.9 Å². The lowest BCUT2D eigenvalue weighted by molar-refractivity contribution is -0.149. The molecule has 2 saturated heterocycles. The van der Waals surface area contributed by atoms with Crippen LogP contribution in [0.4, 0.5) is 0 Å². The van der Waals surface area contributed by atoms with E-state index >= 15 is 0 Å². The Morgan fingerprint density at radius 3 is 1.91 bits per heavy atom. The quantitative estimate of drug-likeness (QED) is 0.290.